The Morgan fingerprint density at radius 1 is 1.16 bits per heavy atom. The normalized spacial score (nSPS) is 11.3. The Balaban J connectivity index is 1.38. The molecule has 3 heterocycles. The summed E-state index contributed by atoms with van der Waals surface area (Å²) in [4.78, 5) is 39.3. The van der Waals surface area contributed by atoms with Crippen LogP contribution in [0.15, 0.2) is 62.4 Å². The quantitative estimate of drug-likeness (QED) is 0.212. The fraction of sp³-hybridized carbons (Fsp3) is 0.0909. The number of rotatable bonds is 5. The fourth-order valence-electron chi connectivity index (χ4n) is 3.37. The number of aryl methyl sites for hydroxylation is 1. The maximum absolute atomic E-state index is 12.7. The van der Waals surface area contributed by atoms with Crippen LogP contribution in [-0.2, 0) is 4.79 Å². The van der Waals surface area contributed by atoms with Crippen LogP contribution in [0, 0.1) is 6.92 Å². The molecule has 0 spiro atoms. The van der Waals surface area contributed by atoms with Crippen molar-refractivity contribution in [1.29, 1.82) is 0 Å². The third-order valence-electron chi connectivity index (χ3n) is 4.92. The summed E-state index contributed by atoms with van der Waals surface area (Å²) in [6, 6.07) is 11.8. The summed E-state index contributed by atoms with van der Waals surface area (Å²) in [5.41, 5.74) is 4.95. The van der Waals surface area contributed by atoms with Crippen LogP contribution in [0.3, 0.4) is 0 Å². The van der Waals surface area contributed by atoms with Gasteiger partial charge in [-0.25, -0.2) is 14.8 Å². The highest BCUT2D eigenvalue weighted by Gasteiger charge is 2.15. The van der Waals surface area contributed by atoms with E-state index in [1.54, 1.807) is 23.5 Å². The van der Waals surface area contributed by atoms with E-state index < -0.39 is 0 Å². The third kappa shape index (κ3) is 4.08. The van der Waals surface area contributed by atoms with Crippen LogP contribution in [0.5, 0.6) is 0 Å². The molecule has 1 amide bonds. The smallest absolute Gasteiger partial charge is 0.323 e. The van der Waals surface area contributed by atoms with E-state index in [0.29, 0.717) is 21.2 Å². The highest BCUT2D eigenvalue weighted by Crippen LogP contribution is 2.38. The number of fused-ring (bicyclic) bond motifs is 2. The molecule has 2 aromatic carbocycles. The van der Waals surface area contributed by atoms with E-state index in [1.165, 1.54) is 23.7 Å². The monoisotopic (exact) mass is 525 g/mol. The number of halogens is 1. The minimum absolute atomic E-state index is 0.174. The number of hydrogen-bond donors (Lipinski definition) is 3. The van der Waals surface area contributed by atoms with E-state index in [0.717, 1.165) is 26.4 Å². The van der Waals surface area contributed by atoms with Gasteiger partial charge in [0.05, 0.1) is 27.9 Å². The Labute approximate surface area is 198 Å². The van der Waals surface area contributed by atoms with Crippen molar-refractivity contribution in [1.82, 2.24) is 19.9 Å². The number of carbonyl (C=O) groups excluding carboxylic acids is 1. The Hall–Kier alpha value is -2.95. The van der Waals surface area contributed by atoms with E-state index in [-0.39, 0.29) is 17.3 Å². The Morgan fingerprint density at radius 3 is 2.69 bits per heavy atom. The minimum Gasteiger partial charge on any atom is -0.324 e. The first-order chi connectivity index (χ1) is 15.5. The largest absolute Gasteiger partial charge is 0.324 e. The molecule has 32 heavy (non-hydrogen) atoms. The average Bonchev–Trinajstić information content (AvgIpc) is 3.36. The number of thioether (sulfide) groups is 1. The summed E-state index contributed by atoms with van der Waals surface area (Å²) in [6.45, 7) is 2.06. The topological polar surface area (TPSA) is 104 Å². The lowest BCUT2D eigenvalue weighted by molar-refractivity contribution is -0.113. The van der Waals surface area contributed by atoms with E-state index in [1.807, 2.05) is 0 Å². The van der Waals surface area contributed by atoms with Gasteiger partial charge in [-0.05, 0) is 40.5 Å². The number of H-pyrrole nitrogens is 2. The Morgan fingerprint density at radius 2 is 1.91 bits per heavy atom. The number of nitrogens with zero attached hydrogens (tertiary/aromatic N) is 2. The van der Waals surface area contributed by atoms with Gasteiger partial charge in [-0.1, -0.05) is 41.6 Å². The van der Waals surface area contributed by atoms with Gasteiger partial charge < -0.3 is 15.3 Å². The maximum atomic E-state index is 12.7. The number of aromatic amines is 2. The van der Waals surface area contributed by atoms with E-state index >= 15 is 0 Å². The molecule has 0 fully saturated rings. The van der Waals surface area contributed by atoms with Gasteiger partial charge in [0.15, 0.2) is 0 Å². The van der Waals surface area contributed by atoms with Crippen LogP contribution >= 0.6 is 39.0 Å². The second kappa shape index (κ2) is 8.53. The zero-order valence-corrected chi connectivity index (χ0v) is 20.0. The Kier molecular flexibility index (Phi) is 5.58. The summed E-state index contributed by atoms with van der Waals surface area (Å²) in [5, 5.41) is 6.71. The van der Waals surface area contributed by atoms with Crippen LogP contribution in [0.4, 0.5) is 5.69 Å². The molecule has 3 aromatic heterocycles. The number of nitrogens with one attached hydrogen (secondary N) is 3. The van der Waals surface area contributed by atoms with Crippen LogP contribution in [0.25, 0.3) is 32.4 Å². The number of hydrogen-bond acceptors (Lipinski definition) is 6. The summed E-state index contributed by atoms with van der Waals surface area (Å²) >= 11 is 6.38. The number of benzene rings is 2. The van der Waals surface area contributed by atoms with Gasteiger partial charge in [0.1, 0.15) is 16.2 Å². The first-order valence-corrected chi connectivity index (χ1v) is 12.3. The lowest BCUT2D eigenvalue weighted by Crippen LogP contribution is -2.14. The van der Waals surface area contributed by atoms with Crippen LogP contribution in [-0.4, -0.2) is 31.6 Å². The molecule has 0 aliphatic heterocycles. The summed E-state index contributed by atoms with van der Waals surface area (Å²) in [5.74, 6) is 0.00971. The molecule has 0 unspecified atom stereocenters. The van der Waals surface area contributed by atoms with Crippen LogP contribution < -0.4 is 11.0 Å². The summed E-state index contributed by atoms with van der Waals surface area (Å²) in [7, 11) is 0. The van der Waals surface area contributed by atoms with Crippen molar-refractivity contribution in [2.45, 2.75) is 11.9 Å². The number of carbonyl (C=O) groups is 1. The molecular formula is C22H16BrN5O2S2. The van der Waals surface area contributed by atoms with Crippen molar-refractivity contribution in [3.05, 3.63) is 68.6 Å². The number of anilines is 1. The number of imidazole rings is 1. The van der Waals surface area contributed by atoms with Crippen molar-refractivity contribution in [2.75, 3.05) is 11.1 Å². The van der Waals surface area contributed by atoms with Gasteiger partial charge in [-0.15, -0.1) is 11.3 Å². The molecule has 0 aliphatic carbocycles. The molecule has 0 atom stereocenters. The predicted octanol–water partition coefficient (Wildman–Crippen LogP) is 5.33. The second-order valence-corrected chi connectivity index (χ2v) is 9.84. The molecule has 0 radical (unpaired) electrons. The highest BCUT2D eigenvalue weighted by molar-refractivity contribution is 9.10. The average molecular weight is 526 g/mol. The van der Waals surface area contributed by atoms with Gasteiger partial charge >= 0.3 is 5.69 Å². The molecule has 7 nitrogen and oxygen atoms in total. The number of amides is 1. The molecule has 10 heteroatoms. The molecule has 0 saturated carbocycles. The van der Waals surface area contributed by atoms with Crippen molar-refractivity contribution in [3.8, 4) is 11.1 Å². The fourth-order valence-corrected chi connectivity index (χ4v) is 5.61. The lowest BCUT2D eigenvalue weighted by Gasteiger charge is -2.08. The lowest BCUT2D eigenvalue weighted by atomic mass is 10.1. The number of aromatic nitrogens is 4. The molecule has 5 rings (SSSR count). The highest BCUT2D eigenvalue weighted by atomic mass is 79.9. The van der Waals surface area contributed by atoms with Crippen LogP contribution in [0.2, 0.25) is 0 Å². The van der Waals surface area contributed by atoms with Crippen molar-refractivity contribution in [2.24, 2.45) is 0 Å². The molecule has 0 aliphatic rings. The van der Waals surface area contributed by atoms with E-state index in [9.17, 15) is 9.59 Å². The number of thiophene rings is 1. The van der Waals surface area contributed by atoms with Gasteiger partial charge in [0.25, 0.3) is 0 Å². The van der Waals surface area contributed by atoms with E-state index in [4.69, 9.17) is 0 Å². The molecule has 0 bridgehead atoms. The Bertz CT molecular complexity index is 1520. The van der Waals surface area contributed by atoms with Crippen molar-refractivity contribution >= 4 is 71.9 Å². The summed E-state index contributed by atoms with van der Waals surface area (Å²) < 4.78 is 0.683. The van der Waals surface area contributed by atoms with Gasteiger partial charge in [-0.3, -0.25) is 4.79 Å². The molecule has 160 valence electrons. The van der Waals surface area contributed by atoms with Crippen molar-refractivity contribution in [3.63, 3.8) is 0 Å². The minimum atomic E-state index is -0.293. The zero-order chi connectivity index (χ0) is 22.2. The second-order valence-electron chi connectivity index (χ2n) is 7.17. The standard InChI is InChI=1S/C22H16BrN5O2S2/c1-11-2-4-12(5-3-11)13-8-31-20-19(13)21(25-10-24-20)32-9-18(29)26-15-7-17-16(6-14(15)23)27-22(30)28-17/h2-8,10H,9H2,1H3,(H,26,29)(H2,27,28,30). The first-order valence-electron chi connectivity index (χ1n) is 9.61. The maximum Gasteiger partial charge on any atom is 0.323 e. The molecular weight excluding hydrogens is 510 g/mol. The molecule has 5 aromatic rings. The van der Waals surface area contributed by atoms with Gasteiger partial charge in [0.2, 0.25) is 5.91 Å². The molecule has 0 saturated heterocycles. The third-order valence-corrected chi connectivity index (χ3v) is 7.45. The van der Waals surface area contributed by atoms with Gasteiger partial charge in [-0.2, -0.15) is 0 Å². The predicted molar refractivity (Wildman–Crippen MR) is 134 cm³/mol. The first kappa shape index (κ1) is 20.9. The van der Waals surface area contributed by atoms with Gasteiger partial charge in [0, 0.05) is 15.4 Å². The van der Waals surface area contributed by atoms with Crippen molar-refractivity contribution < 1.29 is 4.79 Å². The zero-order valence-electron chi connectivity index (χ0n) is 16.7. The SMILES string of the molecule is Cc1ccc(-c2csc3ncnc(SCC(=O)Nc4cc5[nH]c(=O)[nH]c5cc4Br)c23)cc1. The molecule has 3 N–H and O–H groups in total. The summed E-state index contributed by atoms with van der Waals surface area (Å²) in [6.07, 6.45) is 1.53. The van der Waals surface area contributed by atoms with Crippen LogP contribution in [0.1, 0.15) is 5.56 Å². The van der Waals surface area contributed by atoms with E-state index in [2.05, 4.69) is 77.8 Å².